The maximum Gasteiger partial charge on any atom is 0.255 e. The first kappa shape index (κ1) is 13.2. The van der Waals surface area contributed by atoms with Gasteiger partial charge in [-0.3, -0.25) is 4.79 Å². The molecule has 108 valence electrons. The van der Waals surface area contributed by atoms with Crippen LogP contribution in [0, 0.1) is 5.92 Å². The van der Waals surface area contributed by atoms with E-state index in [1.807, 2.05) is 12.1 Å². The highest BCUT2D eigenvalue weighted by Gasteiger charge is 2.25. The van der Waals surface area contributed by atoms with Gasteiger partial charge in [0.2, 0.25) is 0 Å². The first-order chi connectivity index (χ1) is 9.75. The fraction of sp³-hybridized carbons (Fsp3) is 0.533. The van der Waals surface area contributed by atoms with Gasteiger partial charge in [-0.2, -0.15) is 0 Å². The van der Waals surface area contributed by atoms with E-state index in [4.69, 9.17) is 9.47 Å². The van der Waals surface area contributed by atoms with E-state index < -0.39 is 0 Å². The Balaban J connectivity index is 1.68. The molecule has 3 rings (SSSR count). The van der Waals surface area contributed by atoms with E-state index in [1.165, 1.54) is 0 Å². The zero-order valence-corrected chi connectivity index (χ0v) is 11.6. The lowest BCUT2D eigenvalue weighted by molar-refractivity contribution is 0.0904. The van der Waals surface area contributed by atoms with Crippen molar-refractivity contribution >= 4 is 11.6 Å². The van der Waals surface area contributed by atoms with Gasteiger partial charge in [-0.15, -0.1) is 0 Å². The molecule has 2 N–H and O–H groups in total. The average Bonchev–Trinajstić information content (AvgIpc) is 2.89. The summed E-state index contributed by atoms with van der Waals surface area (Å²) in [6.07, 6.45) is 1.23. The second-order valence-corrected chi connectivity index (χ2v) is 5.29. The molecule has 0 spiro atoms. The van der Waals surface area contributed by atoms with Gasteiger partial charge in [-0.25, -0.2) is 0 Å². The molecule has 5 heteroatoms. The minimum atomic E-state index is -0.0790. The van der Waals surface area contributed by atoms with Crippen LogP contribution < -0.4 is 15.4 Å². The van der Waals surface area contributed by atoms with Crippen LogP contribution in [0.2, 0.25) is 0 Å². The van der Waals surface area contributed by atoms with E-state index in [0.29, 0.717) is 30.4 Å². The Hall–Kier alpha value is -1.75. The topological polar surface area (TPSA) is 59.6 Å². The van der Waals surface area contributed by atoms with Gasteiger partial charge in [-0.1, -0.05) is 6.07 Å². The van der Waals surface area contributed by atoms with E-state index in [9.17, 15) is 4.79 Å². The molecule has 0 aromatic heterocycles. The molecule has 1 saturated heterocycles. The molecule has 1 amide bonds. The molecular weight excluding hydrogens is 256 g/mol. The maximum atomic E-state index is 12.3. The Morgan fingerprint density at radius 1 is 1.45 bits per heavy atom. The van der Waals surface area contributed by atoms with Crippen molar-refractivity contribution in [1.29, 1.82) is 0 Å². The smallest absolute Gasteiger partial charge is 0.255 e. The van der Waals surface area contributed by atoms with Crippen molar-refractivity contribution in [3.63, 3.8) is 0 Å². The number of hydrogen-bond donors (Lipinski definition) is 2. The lowest BCUT2D eigenvalue weighted by Crippen LogP contribution is -2.32. The molecule has 2 heterocycles. The lowest BCUT2D eigenvalue weighted by atomic mass is 10.0. The van der Waals surface area contributed by atoms with Gasteiger partial charge in [-0.05, 0) is 25.5 Å². The zero-order chi connectivity index (χ0) is 13.9. The minimum absolute atomic E-state index is 0.0790. The number of carbonyl (C=O) groups excluding carboxylic acids is 1. The number of rotatable bonds is 3. The highest BCUT2D eigenvalue weighted by Crippen LogP contribution is 2.31. The molecule has 2 aliphatic heterocycles. The SMILES string of the molecule is CC1OCCC1CNC(=O)c1cccc2c1OCCN2. The quantitative estimate of drug-likeness (QED) is 0.881. The second kappa shape index (κ2) is 5.71. The van der Waals surface area contributed by atoms with Gasteiger partial charge >= 0.3 is 0 Å². The molecular formula is C15H20N2O3. The number of carbonyl (C=O) groups is 1. The molecule has 0 aliphatic carbocycles. The molecule has 2 atom stereocenters. The van der Waals surface area contributed by atoms with Crippen LogP contribution in [0.5, 0.6) is 5.75 Å². The molecule has 2 unspecified atom stereocenters. The van der Waals surface area contributed by atoms with Crippen molar-refractivity contribution in [3.8, 4) is 5.75 Å². The van der Waals surface area contributed by atoms with Crippen LogP contribution >= 0.6 is 0 Å². The summed E-state index contributed by atoms with van der Waals surface area (Å²) in [5.41, 5.74) is 1.49. The number of nitrogens with one attached hydrogen (secondary N) is 2. The van der Waals surface area contributed by atoms with Gasteiger partial charge in [0.15, 0.2) is 5.75 Å². The summed E-state index contributed by atoms with van der Waals surface area (Å²) in [7, 11) is 0. The summed E-state index contributed by atoms with van der Waals surface area (Å²) in [4.78, 5) is 12.3. The summed E-state index contributed by atoms with van der Waals surface area (Å²) in [6.45, 7) is 4.85. The Kier molecular flexibility index (Phi) is 3.78. The van der Waals surface area contributed by atoms with Gasteiger partial charge < -0.3 is 20.1 Å². The second-order valence-electron chi connectivity index (χ2n) is 5.29. The number of anilines is 1. The number of para-hydroxylation sites is 1. The average molecular weight is 276 g/mol. The van der Waals surface area contributed by atoms with E-state index in [-0.39, 0.29) is 12.0 Å². The van der Waals surface area contributed by atoms with Crippen LogP contribution in [0.1, 0.15) is 23.7 Å². The number of benzene rings is 1. The standard InChI is InChI=1S/C15H20N2O3/c1-10-11(5-7-19-10)9-17-15(18)12-3-2-4-13-14(12)20-8-6-16-13/h2-4,10-11,16H,5-9H2,1H3,(H,17,18). The van der Waals surface area contributed by atoms with Gasteiger partial charge in [0.25, 0.3) is 5.91 Å². The number of amides is 1. The van der Waals surface area contributed by atoms with Crippen LogP contribution in [-0.4, -0.2) is 38.3 Å². The molecule has 1 aromatic carbocycles. The Morgan fingerprint density at radius 2 is 2.35 bits per heavy atom. The van der Waals surface area contributed by atoms with Crippen molar-refractivity contribution in [2.75, 3.05) is 31.6 Å². The zero-order valence-electron chi connectivity index (χ0n) is 11.6. The normalized spacial score (nSPS) is 24.4. The van der Waals surface area contributed by atoms with Crippen molar-refractivity contribution < 1.29 is 14.3 Å². The maximum absolute atomic E-state index is 12.3. The van der Waals surface area contributed by atoms with Crippen LogP contribution in [0.3, 0.4) is 0 Å². The van der Waals surface area contributed by atoms with E-state index in [2.05, 4.69) is 17.6 Å². The fourth-order valence-corrected chi connectivity index (χ4v) is 2.71. The number of ether oxygens (including phenoxy) is 2. The first-order valence-corrected chi connectivity index (χ1v) is 7.15. The predicted molar refractivity (Wildman–Crippen MR) is 76.3 cm³/mol. The Bertz CT molecular complexity index is 504. The van der Waals surface area contributed by atoms with Crippen LogP contribution in [0.25, 0.3) is 0 Å². The lowest BCUT2D eigenvalue weighted by Gasteiger charge is -2.22. The third kappa shape index (κ3) is 2.58. The highest BCUT2D eigenvalue weighted by molar-refractivity contribution is 5.99. The summed E-state index contributed by atoms with van der Waals surface area (Å²) < 4.78 is 11.1. The van der Waals surface area contributed by atoms with Crippen molar-refractivity contribution in [2.45, 2.75) is 19.4 Å². The summed E-state index contributed by atoms with van der Waals surface area (Å²) in [5.74, 6) is 0.981. The monoisotopic (exact) mass is 276 g/mol. The molecule has 0 bridgehead atoms. The molecule has 0 radical (unpaired) electrons. The van der Waals surface area contributed by atoms with E-state index >= 15 is 0 Å². The summed E-state index contributed by atoms with van der Waals surface area (Å²) in [5, 5.41) is 6.23. The largest absolute Gasteiger partial charge is 0.489 e. The minimum Gasteiger partial charge on any atom is -0.489 e. The fourth-order valence-electron chi connectivity index (χ4n) is 2.71. The molecule has 5 nitrogen and oxygen atoms in total. The molecule has 1 aromatic rings. The third-order valence-corrected chi connectivity index (χ3v) is 3.98. The van der Waals surface area contributed by atoms with Gasteiger partial charge in [0.05, 0.1) is 17.4 Å². The Labute approximate surface area is 118 Å². The van der Waals surface area contributed by atoms with Gasteiger partial charge in [0.1, 0.15) is 6.61 Å². The van der Waals surface area contributed by atoms with Crippen LogP contribution in [0.4, 0.5) is 5.69 Å². The third-order valence-electron chi connectivity index (χ3n) is 3.98. The predicted octanol–water partition coefficient (Wildman–Crippen LogP) is 1.65. The first-order valence-electron chi connectivity index (χ1n) is 7.15. The summed E-state index contributed by atoms with van der Waals surface area (Å²) >= 11 is 0. The molecule has 20 heavy (non-hydrogen) atoms. The highest BCUT2D eigenvalue weighted by atomic mass is 16.5. The molecule has 2 aliphatic rings. The van der Waals surface area contributed by atoms with E-state index in [0.717, 1.165) is 25.3 Å². The number of fused-ring (bicyclic) bond motifs is 1. The van der Waals surface area contributed by atoms with Crippen molar-refractivity contribution in [1.82, 2.24) is 5.32 Å². The van der Waals surface area contributed by atoms with Crippen molar-refractivity contribution in [3.05, 3.63) is 23.8 Å². The van der Waals surface area contributed by atoms with Crippen LogP contribution in [0.15, 0.2) is 18.2 Å². The van der Waals surface area contributed by atoms with E-state index in [1.54, 1.807) is 6.07 Å². The summed E-state index contributed by atoms with van der Waals surface area (Å²) in [6, 6.07) is 5.60. The molecule has 0 saturated carbocycles. The van der Waals surface area contributed by atoms with Gasteiger partial charge in [0, 0.05) is 25.6 Å². The molecule has 1 fully saturated rings. The van der Waals surface area contributed by atoms with Crippen molar-refractivity contribution in [2.24, 2.45) is 5.92 Å². The number of hydrogen-bond acceptors (Lipinski definition) is 4. The van der Waals surface area contributed by atoms with Crippen LogP contribution in [-0.2, 0) is 4.74 Å². The Morgan fingerprint density at radius 3 is 3.15 bits per heavy atom.